The topological polar surface area (TPSA) is 116 Å². The van der Waals surface area contributed by atoms with Crippen molar-refractivity contribution in [2.24, 2.45) is 0 Å². The minimum atomic E-state index is -3.40. The second-order valence-corrected chi connectivity index (χ2v) is 6.40. The molecule has 0 aliphatic heterocycles. The fraction of sp³-hybridized carbons (Fsp3) is 0.800. The third-order valence-electron chi connectivity index (χ3n) is 2.68. The molecule has 0 aromatic rings. The molecule has 2 amide bonds. The molecular formula is C10H21N3O5S. The van der Waals surface area contributed by atoms with Gasteiger partial charge in [0, 0.05) is 20.1 Å². The molecule has 0 unspecified atom stereocenters. The average Bonchev–Trinajstić information content (AvgIpc) is 2.27. The van der Waals surface area contributed by atoms with E-state index >= 15 is 0 Å². The van der Waals surface area contributed by atoms with Gasteiger partial charge in [-0.1, -0.05) is 6.92 Å². The maximum atomic E-state index is 11.7. The summed E-state index contributed by atoms with van der Waals surface area (Å²) in [5.41, 5.74) is -1.37. The number of carboxylic acids is 1. The molecule has 0 radical (unpaired) electrons. The van der Waals surface area contributed by atoms with Crippen LogP contribution in [0.2, 0.25) is 0 Å². The largest absolute Gasteiger partial charge is 0.480 e. The Morgan fingerprint density at radius 3 is 2.26 bits per heavy atom. The number of urea groups is 1. The molecule has 0 spiro atoms. The van der Waals surface area contributed by atoms with Crippen molar-refractivity contribution < 1.29 is 23.1 Å². The van der Waals surface area contributed by atoms with Gasteiger partial charge in [0.15, 0.2) is 0 Å². The molecule has 19 heavy (non-hydrogen) atoms. The lowest BCUT2D eigenvalue weighted by molar-refractivity contribution is -0.146. The Morgan fingerprint density at radius 2 is 1.84 bits per heavy atom. The lowest BCUT2D eigenvalue weighted by Gasteiger charge is -2.31. The van der Waals surface area contributed by atoms with Crippen LogP contribution < -0.4 is 10.0 Å². The number of likely N-dealkylation sites (N-methyl/N-ethyl adjacent to an activating group) is 1. The highest BCUT2D eigenvalue weighted by Gasteiger charge is 2.35. The number of sulfonamides is 1. The Labute approximate surface area is 113 Å². The maximum absolute atomic E-state index is 11.7. The summed E-state index contributed by atoms with van der Waals surface area (Å²) in [5, 5.41) is 11.3. The molecule has 0 saturated carbocycles. The van der Waals surface area contributed by atoms with Crippen molar-refractivity contribution >= 4 is 22.0 Å². The third kappa shape index (κ3) is 5.43. The Morgan fingerprint density at radius 1 is 1.32 bits per heavy atom. The van der Waals surface area contributed by atoms with E-state index in [-0.39, 0.29) is 18.8 Å². The number of aliphatic carboxylic acids is 1. The first-order valence-electron chi connectivity index (χ1n) is 5.77. The van der Waals surface area contributed by atoms with E-state index in [1.807, 2.05) is 0 Å². The molecule has 8 nitrogen and oxygen atoms in total. The standard InChI is InChI=1S/C10H21N3O5S/c1-5-12-19(17,18)7-6-11-9(16)13(4)10(2,3)8(14)15/h12H,5-7H2,1-4H3,(H,11,16)(H,14,15). The molecule has 0 aliphatic carbocycles. The van der Waals surface area contributed by atoms with Crippen LogP contribution in [-0.4, -0.2) is 61.9 Å². The van der Waals surface area contributed by atoms with Gasteiger partial charge in [0.1, 0.15) is 5.54 Å². The number of hydrogen-bond donors (Lipinski definition) is 3. The van der Waals surface area contributed by atoms with Gasteiger partial charge in [-0.3, -0.25) is 0 Å². The number of carbonyl (C=O) groups is 2. The van der Waals surface area contributed by atoms with Crippen LogP contribution in [0, 0.1) is 0 Å². The van der Waals surface area contributed by atoms with Crippen LogP contribution in [0.3, 0.4) is 0 Å². The first kappa shape index (κ1) is 17.6. The lowest BCUT2D eigenvalue weighted by Crippen LogP contribution is -2.54. The van der Waals surface area contributed by atoms with E-state index in [9.17, 15) is 18.0 Å². The molecule has 9 heteroatoms. The molecule has 0 bridgehead atoms. The molecule has 0 aromatic carbocycles. The Kier molecular flexibility index (Phi) is 6.23. The number of nitrogens with one attached hydrogen (secondary N) is 2. The number of amides is 2. The maximum Gasteiger partial charge on any atom is 0.329 e. The molecule has 3 N–H and O–H groups in total. The molecule has 0 fully saturated rings. The monoisotopic (exact) mass is 295 g/mol. The summed E-state index contributed by atoms with van der Waals surface area (Å²) in [6.07, 6.45) is 0. The predicted molar refractivity (Wildman–Crippen MR) is 70.3 cm³/mol. The molecule has 0 heterocycles. The summed E-state index contributed by atoms with van der Waals surface area (Å²) in [6.45, 7) is 4.60. The van der Waals surface area contributed by atoms with E-state index in [2.05, 4.69) is 10.0 Å². The van der Waals surface area contributed by atoms with Crippen LogP contribution in [0.4, 0.5) is 4.79 Å². The van der Waals surface area contributed by atoms with Crippen molar-refractivity contribution in [3.8, 4) is 0 Å². The third-order valence-corrected chi connectivity index (χ3v) is 4.15. The fourth-order valence-corrected chi connectivity index (χ4v) is 2.06. The number of rotatable bonds is 7. The van der Waals surface area contributed by atoms with E-state index in [0.717, 1.165) is 4.90 Å². The summed E-state index contributed by atoms with van der Waals surface area (Å²) in [5.74, 6) is -1.40. The van der Waals surface area contributed by atoms with Crippen molar-refractivity contribution in [2.45, 2.75) is 26.3 Å². The summed E-state index contributed by atoms with van der Waals surface area (Å²) >= 11 is 0. The number of carbonyl (C=O) groups excluding carboxylic acids is 1. The van der Waals surface area contributed by atoms with Gasteiger partial charge in [-0.25, -0.2) is 22.7 Å². The summed E-state index contributed by atoms with van der Waals surface area (Å²) in [7, 11) is -2.07. The van der Waals surface area contributed by atoms with Crippen molar-refractivity contribution in [3.05, 3.63) is 0 Å². The fourth-order valence-electron chi connectivity index (χ4n) is 1.10. The van der Waals surface area contributed by atoms with Crippen molar-refractivity contribution in [1.82, 2.24) is 14.9 Å². The SMILES string of the molecule is CCNS(=O)(=O)CCNC(=O)N(C)C(C)(C)C(=O)O. The van der Waals surface area contributed by atoms with Crippen LogP contribution in [0.5, 0.6) is 0 Å². The van der Waals surface area contributed by atoms with Gasteiger partial charge >= 0.3 is 12.0 Å². The van der Waals surface area contributed by atoms with Gasteiger partial charge in [0.2, 0.25) is 10.0 Å². The van der Waals surface area contributed by atoms with Crippen molar-refractivity contribution in [1.29, 1.82) is 0 Å². The molecule has 0 aliphatic rings. The Hall–Kier alpha value is -1.35. The second kappa shape index (κ2) is 6.71. The minimum Gasteiger partial charge on any atom is -0.480 e. The highest BCUT2D eigenvalue weighted by atomic mass is 32.2. The van der Waals surface area contributed by atoms with E-state index in [4.69, 9.17) is 5.11 Å². The zero-order chi connectivity index (χ0) is 15.3. The van der Waals surface area contributed by atoms with Gasteiger partial charge in [0.25, 0.3) is 0 Å². The molecule has 0 rings (SSSR count). The van der Waals surface area contributed by atoms with Crippen LogP contribution in [0.1, 0.15) is 20.8 Å². The van der Waals surface area contributed by atoms with Gasteiger partial charge in [0.05, 0.1) is 5.75 Å². The quantitative estimate of drug-likeness (QED) is 0.581. The zero-order valence-corrected chi connectivity index (χ0v) is 12.4. The smallest absolute Gasteiger partial charge is 0.329 e. The predicted octanol–water partition coefficient (Wildman–Crippen LogP) is -0.570. The Bertz CT molecular complexity index is 432. The highest BCUT2D eigenvalue weighted by Crippen LogP contribution is 2.12. The van der Waals surface area contributed by atoms with Gasteiger partial charge in [-0.05, 0) is 13.8 Å². The first-order valence-corrected chi connectivity index (χ1v) is 7.42. The minimum absolute atomic E-state index is 0.0891. The van der Waals surface area contributed by atoms with Crippen LogP contribution in [0.15, 0.2) is 0 Å². The van der Waals surface area contributed by atoms with E-state index in [1.165, 1.54) is 20.9 Å². The lowest BCUT2D eigenvalue weighted by atomic mass is 10.1. The van der Waals surface area contributed by atoms with Gasteiger partial charge in [-0.15, -0.1) is 0 Å². The highest BCUT2D eigenvalue weighted by molar-refractivity contribution is 7.89. The van der Waals surface area contributed by atoms with Gasteiger partial charge < -0.3 is 15.3 Å². The molecule has 0 atom stereocenters. The number of carboxylic acid groups (broad SMARTS) is 1. The normalized spacial score (nSPS) is 12.0. The molecule has 112 valence electrons. The van der Waals surface area contributed by atoms with Crippen LogP contribution in [0.25, 0.3) is 0 Å². The molecule has 0 aromatic heterocycles. The average molecular weight is 295 g/mol. The summed E-state index contributed by atoms with van der Waals surface area (Å²) in [4.78, 5) is 23.6. The molecular weight excluding hydrogens is 274 g/mol. The van der Waals surface area contributed by atoms with Crippen molar-refractivity contribution in [2.75, 3.05) is 25.9 Å². The Balaban J connectivity index is 4.38. The molecule has 0 saturated heterocycles. The summed E-state index contributed by atoms with van der Waals surface area (Å²) in [6, 6.07) is -0.640. The first-order chi connectivity index (χ1) is 8.54. The van der Waals surface area contributed by atoms with Crippen LogP contribution in [-0.2, 0) is 14.8 Å². The van der Waals surface area contributed by atoms with Gasteiger partial charge in [-0.2, -0.15) is 0 Å². The number of nitrogens with zero attached hydrogens (tertiary/aromatic N) is 1. The number of hydrogen-bond acceptors (Lipinski definition) is 4. The van der Waals surface area contributed by atoms with E-state index < -0.39 is 27.6 Å². The van der Waals surface area contributed by atoms with E-state index in [0.29, 0.717) is 0 Å². The van der Waals surface area contributed by atoms with E-state index in [1.54, 1.807) is 6.92 Å². The second-order valence-electron chi connectivity index (χ2n) is 4.47. The van der Waals surface area contributed by atoms with Crippen LogP contribution >= 0.6 is 0 Å². The summed E-state index contributed by atoms with van der Waals surface area (Å²) < 4.78 is 24.9. The van der Waals surface area contributed by atoms with Crippen molar-refractivity contribution in [3.63, 3.8) is 0 Å². The zero-order valence-electron chi connectivity index (χ0n) is 11.6.